The van der Waals surface area contributed by atoms with Crippen molar-refractivity contribution in [3.05, 3.63) is 21.1 Å². The molecule has 0 radical (unpaired) electrons. The topological polar surface area (TPSA) is 93.8 Å². The number of nitrogens with one attached hydrogen (secondary N) is 1. The van der Waals surface area contributed by atoms with E-state index in [-0.39, 0.29) is 11.9 Å². The molecule has 0 aliphatic carbocycles. The third kappa shape index (κ3) is 2.84. The molecule has 2 aromatic heterocycles. The highest BCUT2D eigenvalue weighted by Gasteiger charge is 2.14. The maximum atomic E-state index is 11.8. The molecule has 0 fully saturated rings. The molecule has 2 rings (SSSR count). The molecule has 1 amide bonds. The molecule has 8 heteroatoms. The van der Waals surface area contributed by atoms with Gasteiger partial charge in [-0.2, -0.15) is 0 Å². The van der Waals surface area contributed by atoms with Crippen LogP contribution in [0.25, 0.3) is 0 Å². The maximum Gasteiger partial charge on any atom is 0.276 e. The molecule has 0 aliphatic heterocycles. The molecule has 1 atom stereocenters. The molecule has 6 nitrogen and oxygen atoms in total. The van der Waals surface area contributed by atoms with Crippen molar-refractivity contribution in [1.29, 1.82) is 0 Å². The normalized spacial score (nSPS) is 12.4. The number of hydrogen-bond acceptors (Lipinski definition) is 7. The summed E-state index contributed by atoms with van der Waals surface area (Å²) in [6, 6.07) is -0.162. The summed E-state index contributed by atoms with van der Waals surface area (Å²) in [7, 11) is 0. The number of nitrogens with two attached hydrogens (primary N) is 1. The van der Waals surface area contributed by atoms with Crippen LogP contribution in [-0.4, -0.2) is 21.1 Å². The monoisotopic (exact) mass is 269 g/mol. The fourth-order valence-corrected chi connectivity index (χ4v) is 2.45. The minimum absolute atomic E-state index is 0.162. The van der Waals surface area contributed by atoms with Gasteiger partial charge in [0.15, 0.2) is 0 Å². The molecule has 90 valence electrons. The molecule has 3 N–H and O–H groups in total. The van der Waals surface area contributed by atoms with Crippen LogP contribution in [0.15, 0.2) is 5.38 Å². The minimum atomic E-state index is -0.288. The summed E-state index contributed by atoms with van der Waals surface area (Å²) in [6.45, 7) is 3.65. The summed E-state index contributed by atoms with van der Waals surface area (Å²) in [5, 5.41) is 14.0. The van der Waals surface area contributed by atoms with E-state index in [1.165, 1.54) is 22.7 Å². The third-order valence-corrected chi connectivity index (χ3v) is 3.69. The van der Waals surface area contributed by atoms with Gasteiger partial charge in [0.25, 0.3) is 5.91 Å². The fraction of sp³-hybridized carbons (Fsp3) is 0.333. The number of nitrogens with zero attached hydrogens (tertiary/aromatic N) is 3. The van der Waals surface area contributed by atoms with Crippen molar-refractivity contribution in [3.8, 4) is 0 Å². The molecule has 0 bridgehead atoms. The first kappa shape index (κ1) is 12.1. The Labute approximate surface area is 106 Å². The number of aryl methyl sites for hydroxylation is 1. The predicted molar refractivity (Wildman–Crippen MR) is 67.3 cm³/mol. The molecule has 0 saturated carbocycles. The lowest BCUT2D eigenvalue weighted by molar-refractivity contribution is 0.102. The van der Waals surface area contributed by atoms with Crippen LogP contribution < -0.4 is 11.1 Å². The van der Waals surface area contributed by atoms with Crippen LogP contribution in [0.5, 0.6) is 0 Å². The van der Waals surface area contributed by atoms with E-state index in [0.29, 0.717) is 10.8 Å². The van der Waals surface area contributed by atoms with Gasteiger partial charge in [0, 0.05) is 5.38 Å². The van der Waals surface area contributed by atoms with Gasteiger partial charge in [-0.15, -0.1) is 21.5 Å². The van der Waals surface area contributed by atoms with Crippen LogP contribution in [0.4, 0.5) is 5.13 Å². The van der Waals surface area contributed by atoms with Gasteiger partial charge in [0.1, 0.15) is 15.7 Å². The average Bonchev–Trinajstić information content (AvgIpc) is 2.86. The number of anilines is 1. The van der Waals surface area contributed by atoms with Crippen molar-refractivity contribution in [2.75, 3.05) is 5.32 Å². The quantitative estimate of drug-likeness (QED) is 0.882. The van der Waals surface area contributed by atoms with Crippen molar-refractivity contribution in [2.45, 2.75) is 19.9 Å². The molecule has 1 unspecified atom stereocenters. The lowest BCUT2D eigenvalue weighted by Gasteiger charge is -1.98. The third-order valence-electron chi connectivity index (χ3n) is 1.89. The zero-order valence-electron chi connectivity index (χ0n) is 9.30. The first-order valence-corrected chi connectivity index (χ1v) is 6.58. The van der Waals surface area contributed by atoms with Gasteiger partial charge in [0.05, 0.1) is 6.04 Å². The second-order valence-electron chi connectivity index (χ2n) is 3.44. The van der Waals surface area contributed by atoms with E-state index < -0.39 is 0 Å². The average molecular weight is 269 g/mol. The van der Waals surface area contributed by atoms with E-state index in [2.05, 4.69) is 20.5 Å². The SMILES string of the molecule is Cc1nnc(NC(=O)c2csc(C(C)N)n2)s1. The summed E-state index contributed by atoms with van der Waals surface area (Å²) in [5.74, 6) is -0.288. The fourth-order valence-electron chi connectivity index (χ4n) is 1.11. The zero-order chi connectivity index (χ0) is 12.4. The predicted octanol–water partition coefficient (Wildman–Crippen LogP) is 1.58. The highest BCUT2D eigenvalue weighted by molar-refractivity contribution is 7.15. The van der Waals surface area contributed by atoms with E-state index in [1.807, 2.05) is 13.8 Å². The van der Waals surface area contributed by atoms with Crippen molar-refractivity contribution in [2.24, 2.45) is 5.73 Å². The highest BCUT2D eigenvalue weighted by atomic mass is 32.1. The molecule has 2 heterocycles. The zero-order valence-corrected chi connectivity index (χ0v) is 10.9. The Morgan fingerprint density at radius 2 is 2.29 bits per heavy atom. The van der Waals surface area contributed by atoms with Crippen molar-refractivity contribution in [3.63, 3.8) is 0 Å². The Morgan fingerprint density at radius 3 is 2.82 bits per heavy atom. The smallest absolute Gasteiger partial charge is 0.276 e. The van der Waals surface area contributed by atoms with Crippen molar-refractivity contribution in [1.82, 2.24) is 15.2 Å². The Balaban J connectivity index is 2.09. The molecule has 0 saturated heterocycles. The van der Waals surface area contributed by atoms with Crippen LogP contribution in [0.1, 0.15) is 33.5 Å². The van der Waals surface area contributed by atoms with Crippen LogP contribution in [0.2, 0.25) is 0 Å². The summed E-state index contributed by atoms with van der Waals surface area (Å²) >= 11 is 2.69. The first-order valence-electron chi connectivity index (χ1n) is 4.88. The summed E-state index contributed by atoms with van der Waals surface area (Å²) in [4.78, 5) is 15.9. The van der Waals surface area contributed by atoms with Crippen LogP contribution in [0, 0.1) is 6.92 Å². The second kappa shape index (κ2) is 4.86. The molecular formula is C9H11N5OS2. The lowest BCUT2D eigenvalue weighted by Crippen LogP contribution is -2.13. The molecule has 0 spiro atoms. The van der Waals surface area contributed by atoms with Crippen LogP contribution in [-0.2, 0) is 0 Å². The summed E-state index contributed by atoms with van der Waals surface area (Å²) in [5.41, 5.74) is 6.04. The van der Waals surface area contributed by atoms with Crippen LogP contribution in [0.3, 0.4) is 0 Å². The minimum Gasteiger partial charge on any atom is -0.322 e. The molecule has 2 aromatic rings. The highest BCUT2D eigenvalue weighted by Crippen LogP contribution is 2.18. The van der Waals surface area contributed by atoms with Gasteiger partial charge in [-0.25, -0.2) is 4.98 Å². The van der Waals surface area contributed by atoms with E-state index in [1.54, 1.807) is 5.38 Å². The van der Waals surface area contributed by atoms with Gasteiger partial charge in [-0.05, 0) is 13.8 Å². The van der Waals surface area contributed by atoms with E-state index in [9.17, 15) is 4.79 Å². The van der Waals surface area contributed by atoms with Gasteiger partial charge in [-0.1, -0.05) is 11.3 Å². The Bertz CT molecular complexity index is 533. The summed E-state index contributed by atoms with van der Waals surface area (Å²) in [6.07, 6.45) is 0. The standard InChI is InChI=1S/C9H11N5OS2/c1-4(10)8-11-6(3-16-8)7(15)12-9-14-13-5(2)17-9/h3-4H,10H2,1-2H3,(H,12,14,15). The van der Waals surface area contributed by atoms with E-state index in [4.69, 9.17) is 5.73 Å². The van der Waals surface area contributed by atoms with E-state index >= 15 is 0 Å². The van der Waals surface area contributed by atoms with E-state index in [0.717, 1.165) is 10.0 Å². The molecular weight excluding hydrogens is 258 g/mol. The van der Waals surface area contributed by atoms with Crippen LogP contribution >= 0.6 is 22.7 Å². The second-order valence-corrected chi connectivity index (χ2v) is 5.51. The number of hydrogen-bond donors (Lipinski definition) is 2. The Kier molecular flexibility index (Phi) is 3.46. The van der Waals surface area contributed by atoms with Crippen molar-refractivity contribution < 1.29 is 4.79 Å². The van der Waals surface area contributed by atoms with Crippen molar-refractivity contribution >= 4 is 33.7 Å². The lowest BCUT2D eigenvalue weighted by atomic mass is 10.4. The number of carbonyl (C=O) groups excluding carboxylic acids is 1. The van der Waals surface area contributed by atoms with Gasteiger partial charge >= 0.3 is 0 Å². The maximum absolute atomic E-state index is 11.8. The number of amides is 1. The number of rotatable bonds is 3. The number of aromatic nitrogens is 3. The Hall–Kier alpha value is -1.38. The number of carbonyl (C=O) groups is 1. The summed E-state index contributed by atoms with van der Waals surface area (Å²) < 4.78 is 0. The molecule has 17 heavy (non-hydrogen) atoms. The van der Waals surface area contributed by atoms with Gasteiger partial charge in [0.2, 0.25) is 5.13 Å². The van der Waals surface area contributed by atoms with Gasteiger partial charge in [-0.3, -0.25) is 10.1 Å². The molecule has 0 aliphatic rings. The molecule has 0 aromatic carbocycles. The Morgan fingerprint density at radius 1 is 1.53 bits per heavy atom. The first-order chi connectivity index (χ1) is 8.06. The number of thiazole rings is 1. The largest absolute Gasteiger partial charge is 0.322 e. The van der Waals surface area contributed by atoms with Gasteiger partial charge < -0.3 is 5.73 Å².